The fraction of sp³-hybridized carbons (Fsp3) is 0.286. The SMILES string of the molecule is C1=CCC2C(=C1)c1ccccc1N2[C@@H]1CC[C@H]1N1c2ccccc2C2=CC=CCC21. The van der Waals surface area contributed by atoms with Crippen LogP contribution in [0.3, 0.4) is 0 Å². The van der Waals surface area contributed by atoms with Crippen LogP contribution in [0, 0.1) is 0 Å². The highest BCUT2D eigenvalue weighted by molar-refractivity contribution is 5.91. The van der Waals surface area contributed by atoms with E-state index in [0.29, 0.717) is 24.2 Å². The van der Waals surface area contributed by atoms with E-state index in [0.717, 1.165) is 12.8 Å². The molecular weight excluding hydrogens is 364 g/mol. The number of allylic oxidation sites excluding steroid dienone is 4. The van der Waals surface area contributed by atoms with Crippen molar-refractivity contribution in [2.75, 3.05) is 9.80 Å². The minimum atomic E-state index is 0.499. The van der Waals surface area contributed by atoms with E-state index in [9.17, 15) is 0 Å². The summed E-state index contributed by atoms with van der Waals surface area (Å²) >= 11 is 0. The van der Waals surface area contributed by atoms with Crippen LogP contribution in [0.4, 0.5) is 11.4 Å². The lowest BCUT2D eigenvalue weighted by molar-refractivity contribution is 0.294. The third-order valence-electron chi connectivity index (χ3n) is 7.84. The van der Waals surface area contributed by atoms with Crippen LogP contribution in [0.2, 0.25) is 0 Å². The topological polar surface area (TPSA) is 6.48 Å². The molecule has 0 amide bonds. The molecule has 2 heterocycles. The van der Waals surface area contributed by atoms with Crippen molar-refractivity contribution < 1.29 is 0 Å². The number of para-hydroxylation sites is 2. The number of rotatable bonds is 2. The van der Waals surface area contributed by atoms with Crippen LogP contribution >= 0.6 is 0 Å². The standard InChI is InChI=1S/C28H26N2/c1-5-13-23-19(9-1)20-10-2-6-14-24(20)29(23)27-17-18-28(27)30-25-15-7-3-11-21(25)22-12-4-8-16-26(22)30/h1-13,15,24,26-28H,14,16-18H2/t24?,26?,27-,28-/m1/s1. The Morgan fingerprint density at radius 1 is 0.600 bits per heavy atom. The van der Waals surface area contributed by atoms with Gasteiger partial charge in [0.2, 0.25) is 0 Å². The molecule has 30 heavy (non-hydrogen) atoms. The van der Waals surface area contributed by atoms with Gasteiger partial charge in [0.1, 0.15) is 0 Å². The van der Waals surface area contributed by atoms with E-state index < -0.39 is 0 Å². The van der Waals surface area contributed by atoms with E-state index in [1.165, 1.54) is 46.5 Å². The van der Waals surface area contributed by atoms with Crippen molar-refractivity contribution in [3.8, 4) is 0 Å². The van der Waals surface area contributed by atoms with Crippen molar-refractivity contribution in [3.05, 3.63) is 96.1 Å². The van der Waals surface area contributed by atoms with Crippen LogP contribution in [0.15, 0.2) is 85.0 Å². The van der Waals surface area contributed by atoms with E-state index in [4.69, 9.17) is 0 Å². The Balaban J connectivity index is 1.30. The second kappa shape index (κ2) is 6.25. The van der Waals surface area contributed by atoms with Crippen molar-refractivity contribution >= 4 is 22.5 Å². The highest BCUT2D eigenvalue weighted by Crippen LogP contribution is 2.52. The first-order valence-electron chi connectivity index (χ1n) is 11.4. The quantitative estimate of drug-likeness (QED) is 0.622. The Morgan fingerprint density at radius 2 is 1.07 bits per heavy atom. The number of fused-ring (bicyclic) bond motifs is 6. The van der Waals surface area contributed by atoms with Crippen molar-refractivity contribution in [1.82, 2.24) is 0 Å². The number of nitrogens with zero attached hydrogens (tertiary/aromatic N) is 2. The molecule has 1 saturated carbocycles. The second-order valence-corrected chi connectivity index (χ2v) is 9.16. The highest BCUT2D eigenvalue weighted by Gasteiger charge is 2.49. The molecule has 1 fully saturated rings. The van der Waals surface area contributed by atoms with Gasteiger partial charge >= 0.3 is 0 Å². The predicted octanol–water partition coefficient (Wildman–Crippen LogP) is 5.98. The number of anilines is 2. The molecule has 3 aliphatic carbocycles. The summed E-state index contributed by atoms with van der Waals surface area (Å²) in [6, 6.07) is 20.3. The summed E-state index contributed by atoms with van der Waals surface area (Å²) in [5.41, 5.74) is 8.81. The first-order valence-corrected chi connectivity index (χ1v) is 11.4. The first kappa shape index (κ1) is 16.8. The molecule has 2 aromatic carbocycles. The normalized spacial score (nSPS) is 30.1. The Bertz CT molecular complexity index is 1060. The van der Waals surface area contributed by atoms with Crippen LogP contribution in [0.5, 0.6) is 0 Å². The molecule has 5 aliphatic rings. The van der Waals surface area contributed by atoms with Crippen molar-refractivity contribution in [2.45, 2.75) is 49.9 Å². The van der Waals surface area contributed by atoms with Gasteiger partial charge in [0.25, 0.3) is 0 Å². The molecule has 2 heteroatoms. The van der Waals surface area contributed by atoms with E-state index in [-0.39, 0.29) is 0 Å². The molecule has 0 bridgehead atoms. The average molecular weight is 391 g/mol. The smallest absolute Gasteiger partial charge is 0.0587 e. The molecule has 2 aliphatic heterocycles. The summed E-state index contributed by atoms with van der Waals surface area (Å²) in [5, 5.41) is 0. The van der Waals surface area contributed by atoms with Gasteiger partial charge in [-0.3, -0.25) is 0 Å². The maximum atomic E-state index is 2.78. The molecule has 148 valence electrons. The lowest BCUT2D eigenvalue weighted by Crippen LogP contribution is -2.61. The number of hydrogen-bond donors (Lipinski definition) is 0. The molecule has 2 nitrogen and oxygen atoms in total. The minimum absolute atomic E-state index is 0.499. The zero-order valence-electron chi connectivity index (χ0n) is 17.1. The minimum Gasteiger partial charge on any atom is -0.359 e. The van der Waals surface area contributed by atoms with Crippen molar-refractivity contribution in [3.63, 3.8) is 0 Å². The fourth-order valence-electron chi connectivity index (χ4n) is 6.45. The first-order chi connectivity index (χ1) is 14.9. The second-order valence-electron chi connectivity index (χ2n) is 9.16. The zero-order valence-corrected chi connectivity index (χ0v) is 17.1. The van der Waals surface area contributed by atoms with E-state index in [1.807, 2.05) is 0 Å². The Morgan fingerprint density at radius 3 is 1.53 bits per heavy atom. The van der Waals surface area contributed by atoms with Gasteiger partial charge in [0, 0.05) is 22.5 Å². The summed E-state index contributed by atoms with van der Waals surface area (Å²) in [6.45, 7) is 0. The molecule has 2 aromatic rings. The molecule has 7 rings (SSSR count). The third-order valence-corrected chi connectivity index (χ3v) is 7.84. The van der Waals surface area contributed by atoms with E-state index in [2.05, 4.69) is 94.8 Å². The molecule has 0 spiro atoms. The van der Waals surface area contributed by atoms with Crippen LogP contribution in [0.1, 0.15) is 36.8 Å². The Kier molecular flexibility index (Phi) is 3.49. The van der Waals surface area contributed by atoms with Crippen molar-refractivity contribution in [2.24, 2.45) is 0 Å². The molecule has 4 atom stereocenters. The largest absolute Gasteiger partial charge is 0.359 e. The number of hydrogen-bond acceptors (Lipinski definition) is 2. The molecule has 0 N–H and O–H groups in total. The lowest BCUT2D eigenvalue weighted by Gasteiger charge is -2.52. The molecule has 0 radical (unpaired) electrons. The van der Waals surface area contributed by atoms with Gasteiger partial charge in [-0.1, -0.05) is 72.9 Å². The Labute approximate surface area is 178 Å². The van der Waals surface area contributed by atoms with E-state index >= 15 is 0 Å². The summed E-state index contributed by atoms with van der Waals surface area (Å²) in [6.07, 6.45) is 18.7. The van der Waals surface area contributed by atoms with Gasteiger partial charge in [-0.2, -0.15) is 0 Å². The molecular formula is C28H26N2. The monoisotopic (exact) mass is 390 g/mol. The maximum Gasteiger partial charge on any atom is 0.0587 e. The molecule has 0 aromatic heterocycles. The van der Waals surface area contributed by atoms with Gasteiger partial charge in [0.15, 0.2) is 0 Å². The summed E-state index contributed by atoms with van der Waals surface area (Å²) in [7, 11) is 0. The summed E-state index contributed by atoms with van der Waals surface area (Å²) in [4.78, 5) is 5.56. The van der Waals surface area contributed by atoms with E-state index in [1.54, 1.807) is 0 Å². The molecule has 0 saturated heterocycles. The zero-order chi connectivity index (χ0) is 19.7. The maximum absolute atomic E-state index is 2.78. The number of benzene rings is 2. The summed E-state index contributed by atoms with van der Waals surface area (Å²) < 4.78 is 0. The third kappa shape index (κ3) is 2.14. The average Bonchev–Trinajstić information content (AvgIpc) is 3.28. The summed E-state index contributed by atoms with van der Waals surface area (Å²) in [5.74, 6) is 0. The van der Waals surface area contributed by atoms with Gasteiger partial charge < -0.3 is 9.80 Å². The lowest BCUT2D eigenvalue weighted by atomic mass is 9.81. The van der Waals surface area contributed by atoms with Gasteiger partial charge in [-0.25, -0.2) is 0 Å². The van der Waals surface area contributed by atoms with Gasteiger partial charge in [0.05, 0.1) is 24.2 Å². The van der Waals surface area contributed by atoms with Crippen LogP contribution in [-0.4, -0.2) is 24.2 Å². The van der Waals surface area contributed by atoms with Crippen molar-refractivity contribution in [1.29, 1.82) is 0 Å². The van der Waals surface area contributed by atoms with Crippen LogP contribution < -0.4 is 9.80 Å². The van der Waals surface area contributed by atoms with Crippen LogP contribution in [0.25, 0.3) is 11.1 Å². The van der Waals surface area contributed by atoms with Crippen LogP contribution in [-0.2, 0) is 0 Å². The highest BCUT2D eigenvalue weighted by atomic mass is 15.3. The molecule has 2 unspecified atom stereocenters. The predicted molar refractivity (Wildman–Crippen MR) is 126 cm³/mol. The Hall–Kier alpha value is -3.00. The van der Waals surface area contributed by atoms with Gasteiger partial charge in [-0.15, -0.1) is 0 Å². The van der Waals surface area contributed by atoms with Gasteiger partial charge in [-0.05, 0) is 49.0 Å². The fourth-order valence-corrected chi connectivity index (χ4v) is 6.45.